The molecule has 9 rings (SSSR count). The Morgan fingerprint density at radius 1 is 0.608 bits per heavy atom. The van der Waals surface area contributed by atoms with Gasteiger partial charge in [0, 0.05) is 33.7 Å². The highest BCUT2D eigenvalue weighted by molar-refractivity contribution is 6.12. The number of hydrogen-bond donors (Lipinski definition) is 1. The average molecular weight is 663 g/mol. The molecule has 0 spiro atoms. The fraction of sp³-hybridized carbons (Fsp3) is 0.0870. The summed E-state index contributed by atoms with van der Waals surface area (Å²) < 4.78 is 13.2. The summed E-state index contributed by atoms with van der Waals surface area (Å²) in [6, 6.07) is 47.0. The fourth-order valence-corrected chi connectivity index (χ4v) is 6.97. The van der Waals surface area contributed by atoms with Gasteiger partial charge in [0.05, 0.1) is 11.3 Å². The number of benzene rings is 7. The first-order valence-electron chi connectivity index (χ1n) is 17.1. The molecule has 0 fully saturated rings. The van der Waals surface area contributed by atoms with E-state index in [1.165, 1.54) is 5.39 Å². The molecule has 0 aliphatic heterocycles. The highest BCUT2D eigenvalue weighted by Crippen LogP contribution is 2.43. The Kier molecular flexibility index (Phi) is 7.11. The lowest BCUT2D eigenvalue weighted by atomic mass is 9.86. The van der Waals surface area contributed by atoms with Crippen LogP contribution < -0.4 is 0 Å². The summed E-state index contributed by atoms with van der Waals surface area (Å²) in [5.74, 6) is 0.634. The third-order valence-electron chi connectivity index (χ3n) is 9.66. The van der Waals surface area contributed by atoms with Gasteiger partial charge >= 0.3 is 0 Å². The first-order valence-corrected chi connectivity index (χ1v) is 17.1. The minimum atomic E-state index is -0.0678. The molecule has 0 saturated heterocycles. The van der Waals surface area contributed by atoms with Crippen LogP contribution in [0.1, 0.15) is 31.9 Å². The topological polar surface area (TPSA) is 71.8 Å². The zero-order valence-corrected chi connectivity index (χ0v) is 28.5. The molecule has 0 saturated carbocycles. The third-order valence-corrected chi connectivity index (χ3v) is 9.66. The van der Waals surface area contributed by atoms with Crippen molar-refractivity contribution >= 4 is 55.7 Å². The van der Waals surface area contributed by atoms with Crippen LogP contribution >= 0.6 is 0 Å². The molecule has 1 N–H and O–H groups in total. The predicted molar refractivity (Wildman–Crippen MR) is 209 cm³/mol. The lowest BCUT2D eigenvalue weighted by Gasteiger charge is -2.19. The van der Waals surface area contributed by atoms with Gasteiger partial charge in [-0.05, 0) is 75.3 Å². The van der Waals surface area contributed by atoms with E-state index in [4.69, 9.17) is 18.8 Å². The monoisotopic (exact) mass is 662 g/mol. The Morgan fingerprint density at radius 3 is 2.20 bits per heavy atom. The molecule has 0 aliphatic carbocycles. The number of para-hydroxylation sites is 3. The van der Waals surface area contributed by atoms with Crippen LogP contribution in [0.5, 0.6) is 5.75 Å². The van der Waals surface area contributed by atoms with Crippen molar-refractivity contribution in [1.82, 2.24) is 4.98 Å². The zero-order chi connectivity index (χ0) is 34.7. The summed E-state index contributed by atoms with van der Waals surface area (Å²) in [4.78, 5) is 10.0. The lowest BCUT2D eigenvalue weighted by molar-refractivity contribution is 0.473. The second-order valence-electron chi connectivity index (χ2n) is 14.0. The van der Waals surface area contributed by atoms with E-state index in [-0.39, 0.29) is 11.2 Å². The molecule has 0 atom stereocenters. The number of aromatic hydroxyl groups is 1. The molecule has 51 heavy (non-hydrogen) atoms. The van der Waals surface area contributed by atoms with Crippen LogP contribution in [0.3, 0.4) is 0 Å². The van der Waals surface area contributed by atoms with E-state index < -0.39 is 0 Å². The number of furan rings is 1. The molecular weight excluding hydrogens is 629 g/mol. The number of phenolic OH excluding ortho intramolecular Hbond substituents is 1. The number of aliphatic imine (C=N–C) groups is 1. The number of hydrogen-bond acceptors (Lipinski definition) is 5. The maximum atomic E-state index is 10.7. The van der Waals surface area contributed by atoms with E-state index in [1.54, 1.807) is 12.3 Å². The molecule has 7 aromatic carbocycles. The van der Waals surface area contributed by atoms with Gasteiger partial charge in [-0.2, -0.15) is 0 Å². The first-order chi connectivity index (χ1) is 24.8. The quantitative estimate of drug-likeness (QED) is 0.186. The second-order valence-corrected chi connectivity index (χ2v) is 14.0. The normalized spacial score (nSPS) is 12.2. The molecule has 9 aromatic rings. The molecule has 0 amide bonds. The fourth-order valence-electron chi connectivity index (χ4n) is 6.97. The standard InChI is InChI=1S/C46H34N2O3/c1-46(2,3)31-22-23-40(49)30(24-31)27-47-39-20-8-6-16-37(39)45-48-43-38(36-19-11-18-35-34-15-7-9-21-41(34)50-44(35)36)25-29(26-42(43)51-45)33-17-10-13-28-12-4-5-14-32(28)33/h4-27,49H,1-3H3. The molecule has 0 radical (unpaired) electrons. The van der Waals surface area contributed by atoms with Crippen molar-refractivity contribution in [1.29, 1.82) is 0 Å². The van der Waals surface area contributed by atoms with E-state index in [1.807, 2.05) is 54.6 Å². The summed E-state index contributed by atoms with van der Waals surface area (Å²) in [7, 11) is 0. The molecular formula is C46H34N2O3. The van der Waals surface area contributed by atoms with Gasteiger partial charge in [-0.3, -0.25) is 4.99 Å². The molecule has 2 aromatic heterocycles. The zero-order valence-electron chi connectivity index (χ0n) is 28.5. The molecule has 0 unspecified atom stereocenters. The third kappa shape index (κ3) is 5.35. The minimum absolute atomic E-state index is 0.0678. The van der Waals surface area contributed by atoms with Gasteiger partial charge in [0.1, 0.15) is 22.4 Å². The SMILES string of the molecule is CC(C)(C)c1ccc(O)c(C=Nc2ccccc2-c2nc3c(-c4cccc5c4oc4ccccc45)cc(-c4cccc5ccccc45)cc3o2)c1. The van der Waals surface area contributed by atoms with Crippen LogP contribution in [0.2, 0.25) is 0 Å². The van der Waals surface area contributed by atoms with Crippen molar-refractivity contribution in [2.75, 3.05) is 0 Å². The largest absolute Gasteiger partial charge is 0.507 e. The number of oxazole rings is 1. The highest BCUT2D eigenvalue weighted by Gasteiger charge is 2.21. The molecule has 5 nitrogen and oxygen atoms in total. The Hall–Kier alpha value is -6.46. The first kappa shape index (κ1) is 30.6. The number of nitrogens with zero attached hydrogens (tertiary/aromatic N) is 2. The maximum Gasteiger partial charge on any atom is 0.229 e. The van der Waals surface area contributed by atoms with E-state index in [2.05, 4.69) is 99.6 Å². The smallest absolute Gasteiger partial charge is 0.229 e. The van der Waals surface area contributed by atoms with E-state index >= 15 is 0 Å². The Balaban J connectivity index is 1.25. The van der Waals surface area contributed by atoms with Crippen molar-refractivity contribution in [2.24, 2.45) is 4.99 Å². The van der Waals surface area contributed by atoms with Gasteiger partial charge < -0.3 is 13.9 Å². The molecule has 5 heteroatoms. The number of aromatic nitrogens is 1. The van der Waals surface area contributed by atoms with E-state index in [0.717, 1.165) is 66.2 Å². The molecule has 0 aliphatic rings. The average Bonchev–Trinajstić information content (AvgIpc) is 3.75. The lowest BCUT2D eigenvalue weighted by Crippen LogP contribution is -2.11. The summed E-state index contributed by atoms with van der Waals surface area (Å²) in [6.07, 6.45) is 1.71. The number of fused-ring (bicyclic) bond motifs is 5. The maximum absolute atomic E-state index is 10.7. The van der Waals surface area contributed by atoms with Gasteiger partial charge in [0.15, 0.2) is 5.58 Å². The van der Waals surface area contributed by atoms with Crippen molar-refractivity contribution in [2.45, 2.75) is 26.2 Å². The number of rotatable bonds is 5. The van der Waals surface area contributed by atoms with Crippen LogP contribution in [0.15, 0.2) is 153 Å². The summed E-state index contributed by atoms with van der Waals surface area (Å²) in [5.41, 5.74) is 10.1. The van der Waals surface area contributed by atoms with E-state index in [9.17, 15) is 5.11 Å². The highest BCUT2D eigenvalue weighted by atomic mass is 16.3. The van der Waals surface area contributed by atoms with Gasteiger partial charge in [-0.15, -0.1) is 0 Å². The van der Waals surface area contributed by atoms with E-state index in [0.29, 0.717) is 22.7 Å². The minimum Gasteiger partial charge on any atom is -0.507 e. The van der Waals surface area contributed by atoms with Crippen molar-refractivity contribution < 1.29 is 13.9 Å². The van der Waals surface area contributed by atoms with Gasteiger partial charge in [-0.25, -0.2) is 4.98 Å². The van der Waals surface area contributed by atoms with Crippen LogP contribution in [0, 0.1) is 0 Å². The molecule has 0 bridgehead atoms. The Morgan fingerprint density at radius 2 is 1.31 bits per heavy atom. The van der Waals surface area contributed by atoms with Gasteiger partial charge in [0.25, 0.3) is 0 Å². The van der Waals surface area contributed by atoms with Gasteiger partial charge in [0.2, 0.25) is 5.89 Å². The Bertz CT molecular complexity index is 2810. The predicted octanol–water partition coefficient (Wildman–Crippen LogP) is 12.6. The summed E-state index contributed by atoms with van der Waals surface area (Å²) in [5, 5.41) is 15.1. The van der Waals surface area contributed by atoms with Crippen molar-refractivity contribution in [3.63, 3.8) is 0 Å². The van der Waals surface area contributed by atoms with Crippen LogP contribution in [0.25, 0.3) is 77.5 Å². The Labute approximate surface area is 295 Å². The van der Waals surface area contributed by atoms with Crippen molar-refractivity contribution in [3.8, 4) is 39.5 Å². The van der Waals surface area contributed by atoms with Crippen molar-refractivity contribution in [3.05, 3.63) is 151 Å². The number of phenols is 1. The van der Waals surface area contributed by atoms with Crippen LogP contribution in [0.4, 0.5) is 5.69 Å². The van der Waals surface area contributed by atoms with Crippen LogP contribution in [-0.2, 0) is 5.41 Å². The molecule has 2 heterocycles. The summed E-state index contributed by atoms with van der Waals surface area (Å²) in [6.45, 7) is 6.45. The molecule has 246 valence electrons. The summed E-state index contributed by atoms with van der Waals surface area (Å²) >= 11 is 0. The second kappa shape index (κ2) is 11.9. The van der Waals surface area contributed by atoms with Gasteiger partial charge in [-0.1, -0.05) is 118 Å². The van der Waals surface area contributed by atoms with Crippen LogP contribution in [-0.4, -0.2) is 16.3 Å².